The number of hydrogen-bond acceptors (Lipinski definition) is 5. The molecule has 134 valence electrons. The predicted molar refractivity (Wildman–Crippen MR) is 96.5 cm³/mol. The molecule has 0 aliphatic heterocycles. The first-order valence-electron chi connectivity index (χ1n) is 8.42. The molecule has 0 amide bonds. The summed E-state index contributed by atoms with van der Waals surface area (Å²) in [7, 11) is 1.28. The fourth-order valence-electron chi connectivity index (χ4n) is 2.40. The molecule has 2 rings (SSSR count). The van der Waals surface area contributed by atoms with Gasteiger partial charge in [0.25, 0.3) is 0 Å². The van der Waals surface area contributed by atoms with Crippen molar-refractivity contribution in [2.24, 2.45) is 0 Å². The van der Waals surface area contributed by atoms with Crippen LogP contribution in [-0.4, -0.2) is 31.4 Å². The molecule has 0 radical (unpaired) electrons. The molecule has 0 bridgehead atoms. The summed E-state index contributed by atoms with van der Waals surface area (Å²) in [6.45, 7) is 5.23. The molecule has 0 saturated heterocycles. The Morgan fingerprint density at radius 2 is 1.76 bits per heavy atom. The maximum atomic E-state index is 11.6. The lowest BCUT2D eigenvalue weighted by Crippen LogP contribution is -2.03. The lowest BCUT2D eigenvalue weighted by atomic mass is 10.0. The van der Waals surface area contributed by atoms with Gasteiger partial charge in [-0.3, -0.25) is 0 Å². The minimum Gasteiger partial charge on any atom is -0.507 e. The van der Waals surface area contributed by atoms with Crippen LogP contribution in [0.1, 0.15) is 37.0 Å². The Bertz CT molecular complexity index is 724. The zero-order valence-corrected chi connectivity index (χ0v) is 14.9. The Hall–Kier alpha value is -2.69. The van der Waals surface area contributed by atoms with Gasteiger partial charge < -0.3 is 19.3 Å². The topological polar surface area (TPSA) is 65.0 Å². The number of rotatable bonds is 8. The first kappa shape index (κ1) is 18.6. The average molecular weight is 344 g/mol. The molecular formula is C20H24O5. The molecule has 0 aliphatic carbocycles. The van der Waals surface area contributed by atoms with Crippen LogP contribution in [0.5, 0.6) is 17.2 Å². The Morgan fingerprint density at radius 1 is 1.04 bits per heavy atom. The van der Waals surface area contributed by atoms with Gasteiger partial charge in [-0.05, 0) is 36.6 Å². The number of aromatic hydroxyl groups is 1. The van der Waals surface area contributed by atoms with Crippen molar-refractivity contribution in [1.82, 2.24) is 0 Å². The van der Waals surface area contributed by atoms with E-state index >= 15 is 0 Å². The zero-order valence-electron chi connectivity index (χ0n) is 14.9. The van der Waals surface area contributed by atoms with E-state index in [4.69, 9.17) is 9.47 Å². The number of carbonyl (C=O) groups excluding carboxylic acids is 1. The summed E-state index contributed by atoms with van der Waals surface area (Å²) in [6, 6.07) is 10.5. The third-order valence-corrected chi connectivity index (χ3v) is 3.61. The molecule has 0 fully saturated rings. The van der Waals surface area contributed by atoms with Crippen LogP contribution in [0.4, 0.5) is 0 Å². The minimum atomic E-state index is -0.577. The number of esters is 1. The maximum absolute atomic E-state index is 11.6. The second-order valence-corrected chi connectivity index (χ2v) is 5.55. The van der Waals surface area contributed by atoms with E-state index in [0.717, 1.165) is 24.0 Å². The van der Waals surface area contributed by atoms with E-state index < -0.39 is 5.97 Å². The van der Waals surface area contributed by atoms with Crippen LogP contribution in [-0.2, 0) is 4.74 Å². The molecule has 5 nitrogen and oxygen atoms in total. The smallest absolute Gasteiger partial charge is 0.341 e. The van der Waals surface area contributed by atoms with Gasteiger partial charge in [-0.25, -0.2) is 4.79 Å². The molecule has 0 atom stereocenters. The second-order valence-electron chi connectivity index (χ2n) is 5.55. The third kappa shape index (κ3) is 4.44. The van der Waals surface area contributed by atoms with E-state index in [2.05, 4.69) is 4.74 Å². The molecular weight excluding hydrogens is 320 g/mol. The van der Waals surface area contributed by atoms with Gasteiger partial charge in [-0.2, -0.15) is 0 Å². The number of carbonyl (C=O) groups is 1. The number of benzene rings is 2. The van der Waals surface area contributed by atoms with Crippen molar-refractivity contribution in [2.45, 2.75) is 26.7 Å². The molecule has 0 aliphatic rings. The van der Waals surface area contributed by atoms with Crippen molar-refractivity contribution < 1.29 is 24.1 Å². The van der Waals surface area contributed by atoms with Crippen molar-refractivity contribution >= 4 is 5.97 Å². The molecule has 1 N–H and O–H groups in total. The second kappa shape index (κ2) is 8.97. The summed E-state index contributed by atoms with van der Waals surface area (Å²) in [4.78, 5) is 11.6. The standard InChI is InChI=1S/C20H24O5/c1-4-11-24-18-8-6-7-15(19(18)25-12-5-2)14-9-10-16(17(21)13-14)20(22)23-3/h6-10,13,21H,4-5,11-12H2,1-3H3. The summed E-state index contributed by atoms with van der Waals surface area (Å²) < 4.78 is 16.4. The Balaban J connectivity index is 2.46. The number of methoxy groups -OCH3 is 1. The van der Waals surface area contributed by atoms with Gasteiger partial charge in [-0.1, -0.05) is 32.0 Å². The van der Waals surface area contributed by atoms with E-state index in [1.54, 1.807) is 12.1 Å². The van der Waals surface area contributed by atoms with Gasteiger partial charge in [0.15, 0.2) is 11.5 Å². The van der Waals surface area contributed by atoms with Crippen molar-refractivity contribution in [3.8, 4) is 28.4 Å². The fraction of sp³-hybridized carbons (Fsp3) is 0.350. The van der Waals surface area contributed by atoms with Crippen LogP contribution in [0.3, 0.4) is 0 Å². The first-order chi connectivity index (χ1) is 12.1. The van der Waals surface area contributed by atoms with Crippen LogP contribution in [0.15, 0.2) is 36.4 Å². The molecule has 0 aromatic heterocycles. The normalized spacial score (nSPS) is 10.4. The van der Waals surface area contributed by atoms with E-state index in [1.165, 1.54) is 13.2 Å². The molecule has 0 saturated carbocycles. The molecule has 5 heteroatoms. The summed E-state index contributed by atoms with van der Waals surface area (Å²) in [5.74, 6) is 0.601. The van der Waals surface area contributed by atoms with E-state index in [9.17, 15) is 9.90 Å². The fourth-order valence-corrected chi connectivity index (χ4v) is 2.40. The summed E-state index contributed by atoms with van der Waals surface area (Å²) in [6.07, 6.45) is 1.76. The summed E-state index contributed by atoms with van der Waals surface area (Å²) in [5, 5.41) is 10.2. The van der Waals surface area contributed by atoms with Crippen LogP contribution < -0.4 is 9.47 Å². The van der Waals surface area contributed by atoms with E-state index in [1.807, 2.05) is 32.0 Å². The zero-order chi connectivity index (χ0) is 18.2. The SMILES string of the molecule is CCCOc1cccc(-c2ccc(C(=O)OC)c(O)c2)c1OCCC. The van der Waals surface area contributed by atoms with Gasteiger partial charge in [0.1, 0.15) is 11.3 Å². The van der Waals surface area contributed by atoms with Crippen LogP contribution in [0.25, 0.3) is 11.1 Å². The molecule has 0 spiro atoms. The quantitative estimate of drug-likeness (QED) is 0.718. The number of phenolic OH excluding ortho intramolecular Hbond substituents is 1. The van der Waals surface area contributed by atoms with Gasteiger partial charge in [0, 0.05) is 5.56 Å². The Kier molecular flexibility index (Phi) is 6.69. The number of ether oxygens (including phenoxy) is 3. The highest BCUT2D eigenvalue weighted by atomic mass is 16.5. The molecule has 0 heterocycles. The number of phenols is 1. The molecule has 0 unspecified atom stereocenters. The van der Waals surface area contributed by atoms with Crippen molar-refractivity contribution in [3.05, 3.63) is 42.0 Å². The largest absolute Gasteiger partial charge is 0.507 e. The number of hydrogen-bond donors (Lipinski definition) is 1. The van der Waals surface area contributed by atoms with Crippen LogP contribution in [0.2, 0.25) is 0 Å². The predicted octanol–water partition coefficient (Wildman–Crippen LogP) is 4.42. The van der Waals surface area contributed by atoms with Crippen molar-refractivity contribution in [3.63, 3.8) is 0 Å². The highest BCUT2D eigenvalue weighted by Gasteiger charge is 2.16. The number of para-hydroxylation sites is 1. The van der Waals surface area contributed by atoms with E-state index in [-0.39, 0.29) is 11.3 Å². The molecule has 25 heavy (non-hydrogen) atoms. The molecule has 2 aromatic carbocycles. The van der Waals surface area contributed by atoms with Gasteiger partial charge in [0.2, 0.25) is 0 Å². The highest BCUT2D eigenvalue weighted by molar-refractivity contribution is 5.93. The third-order valence-electron chi connectivity index (χ3n) is 3.61. The van der Waals surface area contributed by atoms with Crippen molar-refractivity contribution in [1.29, 1.82) is 0 Å². The summed E-state index contributed by atoms with van der Waals surface area (Å²) >= 11 is 0. The maximum Gasteiger partial charge on any atom is 0.341 e. The summed E-state index contributed by atoms with van der Waals surface area (Å²) in [5.41, 5.74) is 1.66. The van der Waals surface area contributed by atoms with Gasteiger partial charge >= 0.3 is 5.97 Å². The van der Waals surface area contributed by atoms with Crippen LogP contribution >= 0.6 is 0 Å². The van der Waals surface area contributed by atoms with Gasteiger partial charge in [-0.15, -0.1) is 0 Å². The minimum absolute atomic E-state index is 0.126. The monoisotopic (exact) mass is 344 g/mol. The average Bonchev–Trinajstić information content (AvgIpc) is 2.64. The highest BCUT2D eigenvalue weighted by Crippen LogP contribution is 2.40. The lowest BCUT2D eigenvalue weighted by molar-refractivity contribution is 0.0597. The van der Waals surface area contributed by atoms with Crippen molar-refractivity contribution in [2.75, 3.05) is 20.3 Å². The Labute approximate surface area is 148 Å². The lowest BCUT2D eigenvalue weighted by Gasteiger charge is -2.16. The van der Waals surface area contributed by atoms with Gasteiger partial charge in [0.05, 0.1) is 20.3 Å². The van der Waals surface area contributed by atoms with E-state index in [0.29, 0.717) is 24.7 Å². The van der Waals surface area contributed by atoms with Crippen LogP contribution in [0, 0.1) is 0 Å². The molecule has 2 aromatic rings. The first-order valence-corrected chi connectivity index (χ1v) is 8.42. The Morgan fingerprint density at radius 3 is 2.40 bits per heavy atom.